The highest BCUT2D eigenvalue weighted by Gasteiger charge is 2.59. The molecule has 1 atom stereocenters. The molecule has 1 aliphatic heterocycles. The fraction of sp³-hybridized carbons (Fsp3) is 0.316. The van der Waals surface area contributed by atoms with Crippen molar-refractivity contribution >= 4 is 21.4 Å². The lowest BCUT2D eigenvalue weighted by molar-refractivity contribution is -0.127. The van der Waals surface area contributed by atoms with Crippen LogP contribution in [-0.2, 0) is 24.8 Å². The van der Waals surface area contributed by atoms with Crippen LogP contribution in [0.1, 0.15) is 12.0 Å². The minimum absolute atomic E-state index is 0.335. The van der Waals surface area contributed by atoms with Crippen molar-refractivity contribution in [2.24, 2.45) is 0 Å². The van der Waals surface area contributed by atoms with Gasteiger partial charge in [-0.1, -0.05) is 36.4 Å². The number of sulfone groups is 1. The Balaban J connectivity index is 2.11. The third-order valence-corrected chi connectivity index (χ3v) is 6.66. The zero-order valence-electron chi connectivity index (χ0n) is 14.9. The molecule has 0 spiro atoms. The lowest BCUT2D eigenvalue weighted by atomic mass is 9.79. The summed E-state index contributed by atoms with van der Waals surface area (Å²) < 4.78 is 60.4. The van der Waals surface area contributed by atoms with Crippen molar-refractivity contribution in [1.29, 1.82) is 0 Å². The van der Waals surface area contributed by atoms with E-state index < -0.39 is 37.7 Å². The van der Waals surface area contributed by atoms with Crippen molar-refractivity contribution < 1.29 is 26.7 Å². The van der Waals surface area contributed by atoms with Gasteiger partial charge in [0, 0.05) is 26.3 Å². The number of para-hydroxylation sites is 1. The number of fused-ring (bicyclic) bond motifs is 1. The maximum Gasteiger partial charge on any atom is 0.351 e. The molecule has 0 radical (unpaired) electrons. The maximum absolute atomic E-state index is 15.1. The molecule has 1 amide bonds. The molecule has 2 aromatic rings. The van der Waals surface area contributed by atoms with E-state index in [4.69, 9.17) is 4.74 Å². The number of hydrogen-bond donors (Lipinski definition) is 0. The Morgan fingerprint density at radius 1 is 1.07 bits per heavy atom. The van der Waals surface area contributed by atoms with Crippen LogP contribution in [0.15, 0.2) is 59.5 Å². The smallest absolute Gasteiger partial charge is 0.351 e. The van der Waals surface area contributed by atoms with Gasteiger partial charge in [-0.15, -0.1) is 0 Å². The summed E-state index contributed by atoms with van der Waals surface area (Å²) in [6.45, 7) is -0.354. The first-order valence-electron chi connectivity index (χ1n) is 8.21. The Labute approximate surface area is 156 Å². The summed E-state index contributed by atoms with van der Waals surface area (Å²) >= 11 is 0. The molecule has 3 rings (SSSR count). The van der Waals surface area contributed by atoms with Crippen molar-refractivity contribution in [2.75, 3.05) is 25.7 Å². The van der Waals surface area contributed by atoms with E-state index >= 15 is 8.78 Å². The summed E-state index contributed by atoms with van der Waals surface area (Å²) in [6, 6.07) is 13.0. The first kappa shape index (κ1) is 19.4. The van der Waals surface area contributed by atoms with E-state index in [0.29, 0.717) is 11.3 Å². The highest BCUT2D eigenvalue weighted by Crippen LogP contribution is 2.49. The van der Waals surface area contributed by atoms with Crippen LogP contribution in [0, 0.1) is 0 Å². The average Bonchev–Trinajstić information content (AvgIpc) is 2.85. The Hall–Kier alpha value is -2.32. The number of carbonyl (C=O) groups excluding carboxylic acids is 1. The Kier molecular flexibility index (Phi) is 4.81. The second-order valence-corrected chi connectivity index (χ2v) is 8.60. The number of ether oxygens (including phenoxy) is 1. The number of carbonyl (C=O) groups is 1. The van der Waals surface area contributed by atoms with Gasteiger partial charge < -0.3 is 9.64 Å². The molecule has 27 heavy (non-hydrogen) atoms. The first-order chi connectivity index (χ1) is 12.7. The van der Waals surface area contributed by atoms with Crippen LogP contribution in [0.2, 0.25) is 0 Å². The van der Waals surface area contributed by atoms with Gasteiger partial charge in [0.1, 0.15) is 5.41 Å². The van der Waals surface area contributed by atoms with E-state index in [1.807, 2.05) is 0 Å². The Morgan fingerprint density at radius 2 is 1.67 bits per heavy atom. The standard InChI is InChI=1S/C19H19F2NO4S/c1-22-16-11-7-6-10-15(16)18(13-26-2,17(22)23)12-19(20,21)27(24,25)14-8-4-3-5-9-14/h3-11H,12-13H2,1-2H3. The van der Waals surface area contributed by atoms with Gasteiger partial charge in [-0.2, -0.15) is 8.78 Å². The summed E-state index contributed by atoms with van der Waals surface area (Å²) in [5.74, 6) is -0.617. The van der Waals surface area contributed by atoms with Crippen LogP contribution in [0.25, 0.3) is 0 Å². The average molecular weight is 395 g/mol. The zero-order valence-corrected chi connectivity index (χ0v) is 15.7. The molecule has 0 saturated heterocycles. The SMILES string of the molecule is COCC1(CC(F)(F)S(=O)(=O)c2ccccc2)C(=O)N(C)c2ccccc21. The van der Waals surface area contributed by atoms with Crippen molar-refractivity contribution in [1.82, 2.24) is 0 Å². The minimum atomic E-state index is -4.99. The Morgan fingerprint density at radius 3 is 2.30 bits per heavy atom. The van der Waals surface area contributed by atoms with Crippen LogP contribution >= 0.6 is 0 Å². The predicted octanol–water partition coefficient (Wildman–Crippen LogP) is 3.00. The van der Waals surface area contributed by atoms with Gasteiger partial charge >= 0.3 is 5.25 Å². The van der Waals surface area contributed by atoms with Gasteiger partial charge in [0.25, 0.3) is 0 Å². The highest BCUT2D eigenvalue weighted by atomic mass is 32.2. The summed E-state index contributed by atoms with van der Waals surface area (Å²) in [5, 5.41) is -4.17. The van der Waals surface area contributed by atoms with Crippen molar-refractivity contribution in [3.63, 3.8) is 0 Å². The second kappa shape index (κ2) is 6.69. The number of alkyl halides is 2. The number of amides is 1. The second-order valence-electron chi connectivity index (χ2n) is 6.53. The molecule has 1 aliphatic rings. The van der Waals surface area contributed by atoms with Crippen molar-refractivity contribution in [2.45, 2.75) is 22.0 Å². The third-order valence-electron chi connectivity index (χ3n) is 4.84. The predicted molar refractivity (Wildman–Crippen MR) is 96.6 cm³/mol. The molecule has 1 heterocycles. The number of anilines is 1. The topological polar surface area (TPSA) is 63.7 Å². The van der Waals surface area contributed by atoms with Gasteiger partial charge in [0.2, 0.25) is 15.7 Å². The lowest BCUT2D eigenvalue weighted by Gasteiger charge is -2.31. The first-order valence-corrected chi connectivity index (χ1v) is 9.70. The number of halogens is 2. The summed E-state index contributed by atoms with van der Waals surface area (Å²) in [7, 11) is -2.22. The minimum Gasteiger partial charge on any atom is -0.383 e. The fourth-order valence-electron chi connectivity index (χ4n) is 3.54. The summed E-state index contributed by atoms with van der Waals surface area (Å²) in [4.78, 5) is 13.7. The van der Waals surface area contributed by atoms with Crippen LogP contribution < -0.4 is 4.90 Å². The van der Waals surface area contributed by atoms with Crippen LogP contribution in [-0.4, -0.2) is 40.3 Å². The van der Waals surface area contributed by atoms with Gasteiger partial charge in [0.05, 0.1) is 11.5 Å². The van der Waals surface area contributed by atoms with Crippen LogP contribution in [0.4, 0.5) is 14.5 Å². The normalized spacial score (nSPS) is 20.0. The monoisotopic (exact) mass is 395 g/mol. The molecular formula is C19H19F2NO4S. The van der Waals surface area contributed by atoms with E-state index in [9.17, 15) is 13.2 Å². The number of nitrogens with zero attached hydrogens (tertiary/aromatic N) is 1. The number of likely N-dealkylation sites (N-methyl/N-ethyl adjacent to an activating group) is 1. The third kappa shape index (κ3) is 2.93. The molecular weight excluding hydrogens is 376 g/mol. The highest BCUT2D eigenvalue weighted by molar-refractivity contribution is 7.92. The van der Waals surface area contributed by atoms with E-state index in [-0.39, 0.29) is 6.61 Å². The molecule has 1 unspecified atom stereocenters. The van der Waals surface area contributed by atoms with E-state index in [1.165, 1.54) is 37.3 Å². The molecule has 144 valence electrons. The van der Waals surface area contributed by atoms with E-state index in [0.717, 1.165) is 12.1 Å². The quantitative estimate of drug-likeness (QED) is 0.754. The van der Waals surface area contributed by atoms with Gasteiger partial charge in [-0.05, 0) is 23.8 Å². The number of hydrogen-bond acceptors (Lipinski definition) is 4. The summed E-state index contributed by atoms with van der Waals surface area (Å²) in [5.41, 5.74) is -0.986. The van der Waals surface area contributed by atoms with Crippen molar-refractivity contribution in [3.8, 4) is 0 Å². The van der Waals surface area contributed by atoms with Gasteiger partial charge in [0.15, 0.2) is 0 Å². The molecule has 2 aromatic carbocycles. The largest absolute Gasteiger partial charge is 0.383 e. The molecule has 8 heteroatoms. The zero-order chi connectivity index (χ0) is 19.9. The molecule has 0 N–H and O–H groups in total. The molecule has 5 nitrogen and oxygen atoms in total. The van der Waals surface area contributed by atoms with Crippen LogP contribution in [0.5, 0.6) is 0 Å². The number of rotatable bonds is 6. The molecule has 0 fully saturated rings. The number of methoxy groups -OCH3 is 1. The molecule has 0 bridgehead atoms. The van der Waals surface area contributed by atoms with E-state index in [1.54, 1.807) is 24.3 Å². The van der Waals surface area contributed by atoms with E-state index in [2.05, 4.69) is 0 Å². The molecule has 0 aliphatic carbocycles. The Bertz CT molecular complexity index is 963. The summed E-state index contributed by atoms with van der Waals surface area (Å²) in [6.07, 6.45) is -1.20. The lowest BCUT2D eigenvalue weighted by Crippen LogP contribution is -2.48. The maximum atomic E-state index is 15.1. The fourth-order valence-corrected chi connectivity index (χ4v) is 4.84. The number of benzene rings is 2. The molecule has 0 aromatic heterocycles. The van der Waals surface area contributed by atoms with Gasteiger partial charge in [-0.3, -0.25) is 4.79 Å². The molecule has 0 saturated carbocycles. The van der Waals surface area contributed by atoms with Crippen LogP contribution in [0.3, 0.4) is 0 Å². The van der Waals surface area contributed by atoms with Crippen molar-refractivity contribution in [3.05, 3.63) is 60.2 Å². The van der Waals surface area contributed by atoms with Gasteiger partial charge in [-0.25, -0.2) is 8.42 Å².